The number of hydrogen-bond donors (Lipinski definition) is 0. The SMILES string of the molecule is N#Cc1nc(-c2ccccc2)c(-c2ccccc2)nc1C#N. The van der Waals surface area contributed by atoms with Crippen LogP contribution in [-0.4, -0.2) is 9.97 Å². The molecule has 0 amide bonds. The van der Waals surface area contributed by atoms with Crippen molar-refractivity contribution < 1.29 is 0 Å². The molecule has 0 unspecified atom stereocenters. The van der Waals surface area contributed by atoms with Crippen molar-refractivity contribution in [2.45, 2.75) is 0 Å². The first-order valence-electron chi connectivity index (χ1n) is 6.66. The van der Waals surface area contributed by atoms with Gasteiger partial charge in [-0.2, -0.15) is 10.5 Å². The minimum Gasteiger partial charge on any atom is -0.232 e. The second-order valence-electron chi connectivity index (χ2n) is 4.57. The van der Waals surface area contributed by atoms with Crippen molar-refractivity contribution in [3.05, 3.63) is 72.1 Å². The minimum atomic E-state index is 0.0426. The fourth-order valence-corrected chi connectivity index (χ4v) is 2.19. The molecule has 0 aliphatic rings. The first-order chi connectivity index (χ1) is 10.8. The Balaban J connectivity index is 2.32. The summed E-state index contributed by atoms with van der Waals surface area (Å²) in [6.07, 6.45) is 0. The first-order valence-corrected chi connectivity index (χ1v) is 6.66. The molecular weight excluding hydrogens is 272 g/mol. The Kier molecular flexibility index (Phi) is 3.59. The van der Waals surface area contributed by atoms with E-state index in [0.29, 0.717) is 11.4 Å². The number of benzene rings is 2. The normalized spacial score (nSPS) is 9.73. The molecule has 3 aromatic rings. The molecule has 0 radical (unpaired) electrons. The predicted molar refractivity (Wildman–Crippen MR) is 82.3 cm³/mol. The highest BCUT2D eigenvalue weighted by molar-refractivity contribution is 5.78. The van der Waals surface area contributed by atoms with Gasteiger partial charge in [0.1, 0.15) is 12.1 Å². The van der Waals surface area contributed by atoms with Crippen molar-refractivity contribution in [2.24, 2.45) is 0 Å². The van der Waals surface area contributed by atoms with Gasteiger partial charge in [0.2, 0.25) is 0 Å². The molecule has 22 heavy (non-hydrogen) atoms. The Bertz CT molecular complexity index is 812. The van der Waals surface area contributed by atoms with Gasteiger partial charge >= 0.3 is 0 Å². The van der Waals surface area contributed by atoms with Crippen molar-refractivity contribution in [1.82, 2.24) is 9.97 Å². The molecule has 0 fully saturated rings. The van der Waals surface area contributed by atoms with Gasteiger partial charge in [0.05, 0.1) is 11.4 Å². The van der Waals surface area contributed by atoms with E-state index < -0.39 is 0 Å². The molecular formula is C18H10N4. The Morgan fingerprint density at radius 3 is 1.27 bits per heavy atom. The van der Waals surface area contributed by atoms with Crippen LogP contribution in [0, 0.1) is 22.7 Å². The van der Waals surface area contributed by atoms with Crippen LogP contribution < -0.4 is 0 Å². The van der Waals surface area contributed by atoms with Gasteiger partial charge in [0.15, 0.2) is 11.4 Å². The lowest BCUT2D eigenvalue weighted by Crippen LogP contribution is -2.01. The molecule has 0 atom stereocenters. The summed E-state index contributed by atoms with van der Waals surface area (Å²) in [4.78, 5) is 8.72. The van der Waals surface area contributed by atoms with Crippen LogP contribution in [0.4, 0.5) is 0 Å². The second kappa shape index (κ2) is 5.87. The molecule has 4 nitrogen and oxygen atoms in total. The quantitative estimate of drug-likeness (QED) is 0.720. The largest absolute Gasteiger partial charge is 0.232 e. The maximum atomic E-state index is 9.18. The first kappa shape index (κ1) is 13.5. The number of rotatable bonds is 2. The van der Waals surface area contributed by atoms with Gasteiger partial charge in [-0.3, -0.25) is 0 Å². The number of hydrogen-bond acceptors (Lipinski definition) is 4. The number of nitrogens with zero attached hydrogens (tertiary/aromatic N) is 4. The average molecular weight is 282 g/mol. The zero-order chi connectivity index (χ0) is 15.4. The van der Waals surface area contributed by atoms with E-state index in [1.54, 1.807) is 0 Å². The van der Waals surface area contributed by atoms with Gasteiger partial charge in [-0.15, -0.1) is 0 Å². The van der Waals surface area contributed by atoms with E-state index in [-0.39, 0.29) is 11.4 Å². The summed E-state index contributed by atoms with van der Waals surface area (Å²) in [5, 5.41) is 18.4. The van der Waals surface area contributed by atoms with Crippen molar-refractivity contribution in [3.8, 4) is 34.7 Å². The summed E-state index contributed by atoms with van der Waals surface area (Å²) in [5.41, 5.74) is 3.00. The summed E-state index contributed by atoms with van der Waals surface area (Å²) >= 11 is 0. The molecule has 0 N–H and O–H groups in total. The lowest BCUT2D eigenvalue weighted by Gasteiger charge is -2.09. The third-order valence-corrected chi connectivity index (χ3v) is 3.20. The van der Waals surface area contributed by atoms with Crippen molar-refractivity contribution in [1.29, 1.82) is 10.5 Å². The molecule has 0 saturated carbocycles. The molecule has 4 heteroatoms. The molecule has 0 saturated heterocycles. The van der Waals surface area contributed by atoms with E-state index in [1.165, 1.54) is 0 Å². The van der Waals surface area contributed by atoms with Gasteiger partial charge in [-0.25, -0.2) is 9.97 Å². The van der Waals surface area contributed by atoms with E-state index >= 15 is 0 Å². The standard InChI is InChI=1S/C18H10N4/c19-11-15-16(12-20)22-18(14-9-5-2-6-10-14)17(21-15)13-7-3-1-4-8-13/h1-10H. The topological polar surface area (TPSA) is 73.4 Å². The van der Waals surface area contributed by atoms with Crippen LogP contribution in [0.15, 0.2) is 60.7 Å². The Morgan fingerprint density at radius 1 is 0.591 bits per heavy atom. The Morgan fingerprint density at radius 2 is 0.955 bits per heavy atom. The third-order valence-electron chi connectivity index (χ3n) is 3.20. The van der Waals surface area contributed by atoms with Crippen LogP contribution in [0.3, 0.4) is 0 Å². The van der Waals surface area contributed by atoms with Crippen molar-refractivity contribution in [3.63, 3.8) is 0 Å². The summed E-state index contributed by atoms with van der Waals surface area (Å²) in [7, 11) is 0. The molecule has 0 aliphatic carbocycles. The number of aromatic nitrogens is 2. The molecule has 3 rings (SSSR count). The Hall–Kier alpha value is -3.50. The predicted octanol–water partition coefficient (Wildman–Crippen LogP) is 3.55. The van der Waals surface area contributed by atoms with Crippen LogP contribution in [0.5, 0.6) is 0 Å². The third kappa shape index (κ3) is 2.42. The van der Waals surface area contributed by atoms with Crippen molar-refractivity contribution in [2.75, 3.05) is 0 Å². The molecule has 0 bridgehead atoms. The molecule has 2 aromatic carbocycles. The van der Waals surface area contributed by atoms with Crippen LogP contribution >= 0.6 is 0 Å². The summed E-state index contributed by atoms with van der Waals surface area (Å²) in [6, 6.07) is 22.9. The average Bonchev–Trinajstić information content (AvgIpc) is 2.62. The zero-order valence-corrected chi connectivity index (χ0v) is 11.6. The molecule has 1 heterocycles. The van der Waals surface area contributed by atoms with Gasteiger partial charge in [0, 0.05) is 11.1 Å². The zero-order valence-electron chi connectivity index (χ0n) is 11.6. The van der Waals surface area contributed by atoms with Gasteiger partial charge in [-0.05, 0) is 0 Å². The van der Waals surface area contributed by atoms with Crippen molar-refractivity contribution >= 4 is 0 Å². The van der Waals surface area contributed by atoms with Gasteiger partial charge < -0.3 is 0 Å². The van der Waals surface area contributed by atoms with Crippen LogP contribution in [0.25, 0.3) is 22.5 Å². The fraction of sp³-hybridized carbons (Fsp3) is 0. The summed E-state index contributed by atoms with van der Waals surface area (Å²) in [6.45, 7) is 0. The van der Waals surface area contributed by atoms with Crippen LogP contribution in [0.2, 0.25) is 0 Å². The molecule has 0 aliphatic heterocycles. The number of nitriles is 2. The minimum absolute atomic E-state index is 0.0426. The molecule has 1 aromatic heterocycles. The molecule has 102 valence electrons. The highest BCUT2D eigenvalue weighted by Gasteiger charge is 2.16. The van der Waals surface area contributed by atoms with E-state index in [1.807, 2.05) is 72.8 Å². The summed E-state index contributed by atoms with van der Waals surface area (Å²) < 4.78 is 0. The smallest absolute Gasteiger partial charge is 0.177 e. The van der Waals surface area contributed by atoms with E-state index in [2.05, 4.69) is 9.97 Å². The monoisotopic (exact) mass is 282 g/mol. The van der Waals surface area contributed by atoms with E-state index in [4.69, 9.17) is 0 Å². The lowest BCUT2D eigenvalue weighted by molar-refractivity contribution is 1.14. The highest BCUT2D eigenvalue weighted by atomic mass is 14.9. The maximum Gasteiger partial charge on any atom is 0.177 e. The second-order valence-corrected chi connectivity index (χ2v) is 4.57. The summed E-state index contributed by atoms with van der Waals surface area (Å²) in [5.74, 6) is 0. The fourth-order valence-electron chi connectivity index (χ4n) is 2.19. The van der Waals surface area contributed by atoms with E-state index in [0.717, 1.165) is 11.1 Å². The van der Waals surface area contributed by atoms with E-state index in [9.17, 15) is 10.5 Å². The van der Waals surface area contributed by atoms with Crippen LogP contribution in [0.1, 0.15) is 11.4 Å². The highest BCUT2D eigenvalue weighted by Crippen LogP contribution is 2.29. The maximum absolute atomic E-state index is 9.18. The molecule has 0 spiro atoms. The van der Waals surface area contributed by atoms with Crippen LogP contribution in [-0.2, 0) is 0 Å². The van der Waals surface area contributed by atoms with Gasteiger partial charge in [0.25, 0.3) is 0 Å². The van der Waals surface area contributed by atoms with Gasteiger partial charge in [-0.1, -0.05) is 60.7 Å². The Labute approximate surface area is 127 Å². The lowest BCUT2D eigenvalue weighted by atomic mass is 10.0.